The summed E-state index contributed by atoms with van der Waals surface area (Å²) in [6.07, 6.45) is -1.58. The lowest BCUT2D eigenvalue weighted by atomic mass is 9.89. The molecule has 0 saturated carbocycles. The second-order valence-corrected chi connectivity index (χ2v) is 4.87. The van der Waals surface area contributed by atoms with Gasteiger partial charge in [-0.05, 0) is 33.2 Å². The highest BCUT2D eigenvalue weighted by atomic mass is 19.4. The van der Waals surface area contributed by atoms with Crippen molar-refractivity contribution in [3.63, 3.8) is 0 Å². The van der Waals surface area contributed by atoms with Crippen LogP contribution in [0, 0.1) is 16.7 Å². The molecule has 18 heavy (non-hydrogen) atoms. The van der Waals surface area contributed by atoms with Gasteiger partial charge in [0, 0.05) is 6.54 Å². The molecule has 106 valence electrons. The zero-order valence-corrected chi connectivity index (χ0v) is 10.9. The Morgan fingerprint density at radius 3 is 2.39 bits per heavy atom. The van der Waals surface area contributed by atoms with E-state index >= 15 is 0 Å². The molecule has 0 rings (SSSR count). The third-order valence-electron chi connectivity index (χ3n) is 2.40. The van der Waals surface area contributed by atoms with Gasteiger partial charge < -0.3 is 10.1 Å². The maximum absolute atomic E-state index is 11.7. The van der Waals surface area contributed by atoms with Crippen LogP contribution in [0.4, 0.5) is 13.2 Å². The van der Waals surface area contributed by atoms with Crippen molar-refractivity contribution in [3.8, 4) is 6.07 Å². The van der Waals surface area contributed by atoms with E-state index in [0.717, 1.165) is 25.8 Å². The molecule has 0 aliphatic rings. The van der Waals surface area contributed by atoms with E-state index in [2.05, 4.69) is 16.1 Å². The van der Waals surface area contributed by atoms with Gasteiger partial charge in [0.15, 0.2) is 0 Å². The van der Waals surface area contributed by atoms with Gasteiger partial charge in [-0.2, -0.15) is 18.4 Å². The number of hydrogen-bond donors (Lipinski definition) is 1. The molecule has 0 fully saturated rings. The maximum atomic E-state index is 11.7. The van der Waals surface area contributed by atoms with Crippen LogP contribution in [0.25, 0.3) is 0 Å². The Morgan fingerprint density at radius 2 is 1.83 bits per heavy atom. The maximum Gasteiger partial charge on any atom is 0.411 e. The van der Waals surface area contributed by atoms with Gasteiger partial charge in [-0.25, -0.2) is 0 Å². The Hall–Kier alpha value is -0.800. The van der Waals surface area contributed by atoms with Crippen molar-refractivity contribution in [2.45, 2.75) is 39.3 Å². The van der Waals surface area contributed by atoms with Crippen LogP contribution >= 0.6 is 0 Å². The average Bonchev–Trinajstić information content (AvgIpc) is 2.25. The Morgan fingerprint density at radius 1 is 1.17 bits per heavy atom. The Kier molecular flexibility index (Phi) is 7.96. The number of ether oxygens (including phenoxy) is 1. The minimum atomic E-state index is -4.25. The number of nitrogens with one attached hydrogen (secondary N) is 1. The van der Waals surface area contributed by atoms with Crippen molar-refractivity contribution in [2.75, 3.05) is 26.3 Å². The average molecular weight is 266 g/mol. The van der Waals surface area contributed by atoms with Gasteiger partial charge in [0.1, 0.15) is 6.61 Å². The number of halogens is 3. The molecule has 0 aromatic rings. The zero-order chi connectivity index (χ0) is 14.1. The summed E-state index contributed by atoms with van der Waals surface area (Å²) in [5, 5.41) is 11.8. The molecule has 1 N–H and O–H groups in total. The molecule has 0 aliphatic carbocycles. The first kappa shape index (κ1) is 17.2. The van der Waals surface area contributed by atoms with Crippen LogP contribution in [0.2, 0.25) is 0 Å². The first-order valence-corrected chi connectivity index (χ1v) is 6.03. The Balaban J connectivity index is 3.25. The summed E-state index contributed by atoms with van der Waals surface area (Å²) >= 11 is 0. The van der Waals surface area contributed by atoms with Crippen LogP contribution in [0.15, 0.2) is 0 Å². The van der Waals surface area contributed by atoms with E-state index in [1.54, 1.807) is 0 Å². The highest BCUT2D eigenvalue weighted by Crippen LogP contribution is 2.21. The van der Waals surface area contributed by atoms with Crippen molar-refractivity contribution in [1.29, 1.82) is 5.26 Å². The number of nitriles is 1. The summed E-state index contributed by atoms with van der Waals surface area (Å²) in [5.41, 5.74) is -0.296. The van der Waals surface area contributed by atoms with Crippen molar-refractivity contribution in [3.05, 3.63) is 0 Å². The van der Waals surface area contributed by atoms with Crippen molar-refractivity contribution in [1.82, 2.24) is 5.32 Å². The summed E-state index contributed by atoms with van der Waals surface area (Å²) in [6.45, 7) is 3.81. The Bertz CT molecular complexity index is 259. The molecule has 0 heterocycles. The molecule has 0 radical (unpaired) electrons. The molecule has 0 amide bonds. The molecule has 0 spiro atoms. The van der Waals surface area contributed by atoms with E-state index in [1.807, 2.05) is 13.8 Å². The largest absolute Gasteiger partial charge is 0.411 e. The monoisotopic (exact) mass is 266 g/mol. The molecular weight excluding hydrogens is 245 g/mol. The number of hydrogen-bond acceptors (Lipinski definition) is 3. The number of alkyl halides is 3. The topological polar surface area (TPSA) is 45.0 Å². The lowest BCUT2D eigenvalue weighted by Crippen LogP contribution is -2.24. The third kappa shape index (κ3) is 11.7. The second kappa shape index (κ2) is 8.33. The minimum Gasteiger partial charge on any atom is -0.371 e. The fraction of sp³-hybridized carbons (Fsp3) is 0.917. The van der Waals surface area contributed by atoms with Gasteiger partial charge in [0.05, 0.1) is 18.1 Å². The van der Waals surface area contributed by atoms with E-state index in [0.29, 0.717) is 6.54 Å². The first-order valence-electron chi connectivity index (χ1n) is 6.03. The van der Waals surface area contributed by atoms with Gasteiger partial charge in [0.25, 0.3) is 0 Å². The summed E-state index contributed by atoms with van der Waals surface area (Å²) in [7, 11) is 0. The molecule has 0 saturated heterocycles. The van der Waals surface area contributed by atoms with E-state index in [9.17, 15) is 13.2 Å². The summed E-state index contributed by atoms with van der Waals surface area (Å²) in [4.78, 5) is 0. The second-order valence-electron chi connectivity index (χ2n) is 4.87. The minimum absolute atomic E-state index is 0.0587. The van der Waals surface area contributed by atoms with E-state index in [1.165, 1.54) is 0 Å². The normalized spacial score (nSPS) is 12.4. The fourth-order valence-electron chi connectivity index (χ4n) is 1.33. The van der Waals surface area contributed by atoms with E-state index in [-0.39, 0.29) is 12.0 Å². The highest BCUT2D eigenvalue weighted by Gasteiger charge is 2.27. The molecule has 0 aromatic carbocycles. The third-order valence-corrected chi connectivity index (χ3v) is 2.40. The predicted molar refractivity (Wildman–Crippen MR) is 63.0 cm³/mol. The number of nitrogens with zero attached hydrogens (tertiary/aromatic N) is 1. The zero-order valence-electron chi connectivity index (χ0n) is 10.9. The van der Waals surface area contributed by atoms with Gasteiger partial charge in [-0.15, -0.1) is 0 Å². The van der Waals surface area contributed by atoms with Crippen LogP contribution in [0.1, 0.15) is 33.1 Å². The van der Waals surface area contributed by atoms with Crippen LogP contribution in [0.5, 0.6) is 0 Å². The quantitative estimate of drug-likeness (QED) is 0.653. The molecular formula is C12H21F3N2O. The van der Waals surface area contributed by atoms with Gasteiger partial charge in [-0.3, -0.25) is 0 Å². The summed E-state index contributed by atoms with van der Waals surface area (Å²) in [5.74, 6) is 0. The molecule has 0 aromatic heterocycles. The summed E-state index contributed by atoms with van der Waals surface area (Å²) in [6, 6.07) is 2.23. The van der Waals surface area contributed by atoms with Crippen LogP contribution in [-0.4, -0.2) is 32.5 Å². The predicted octanol–water partition coefficient (Wildman–Crippen LogP) is 2.87. The van der Waals surface area contributed by atoms with E-state index < -0.39 is 12.8 Å². The lowest BCUT2D eigenvalue weighted by Gasteiger charge is -2.14. The molecule has 0 unspecified atom stereocenters. The Labute approximate surface area is 106 Å². The van der Waals surface area contributed by atoms with Gasteiger partial charge in [-0.1, -0.05) is 6.42 Å². The number of rotatable bonds is 9. The van der Waals surface area contributed by atoms with Crippen molar-refractivity contribution >= 4 is 0 Å². The smallest absolute Gasteiger partial charge is 0.371 e. The van der Waals surface area contributed by atoms with Crippen molar-refractivity contribution in [2.24, 2.45) is 5.41 Å². The molecule has 0 bridgehead atoms. The molecule has 3 nitrogen and oxygen atoms in total. The summed E-state index contributed by atoms with van der Waals surface area (Å²) < 4.78 is 39.6. The van der Waals surface area contributed by atoms with Crippen LogP contribution < -0.4 is 5.32 Å². The molecule has 0 atom stereocenters. The first-order chi connectivity index (χ1) is 8.27. The number of unbranched alkanes of at least 4 members (excludes halogenated alkanes) is 1. The highest BCUT2D eigenvalue weighted by molar-refractivity contribution is 4.91. The SMILES string of the molecule is CC(C)(C#N)CCCCNCCOCC(F)(F)F. The van der Waals surface area contributed by atoms with Crippen LogP contribution in [-0.2, 0) is 4.74 Å². The van der Waals surface area contributed by atoms with Crippen LogP contribution in [0.3, 0.4) is 0 Å². The molecule has 6 heteroatoms. The van der Waals surface area contributed by atoms with E-state index in [4.69, 9.17) is 5.26 Å². The molecule has 0 aliphatic heterocycles. The lowest BCUT2D eigenvalue weighted by molar-refractivity contribution is -0.173. The standard InChI is InChI=1S/C12H21F3N2O/c1-11(2,9-16)5-3-4-6-17-7-8-18-10-12(13,14)15/h17H,3-8,10H2,1-2H3. The van der Waals surface area contributed by atoms with Crippen molar-refractivity contribution < 1.29 is 17.9 Å². The van der Waals surface area contributed by atoms with Gasteiger partial charge in [0.2, 0.25) is 0 Å². The van der Waals surface area contributed by atoms with Gasteiger partial charge >= 0.3 is 6.18 Å². The fourth-order valence-corrected chi connectivity index (χ4v) is 1.33.